The van der Waals surface area contributed by atoms with Gasteiger partial charge in [0.25, 0.3) is 11.6 Å². The zero-order chi connectivity index (χ0) is 17.0. The summed E-state index contributed by atoms with van der Waals surface area (Å²) in [6.07, 6.45) is 3.08. The molecule has 2 atom stereocenters. The predicted octanol–water partition coefficient (Wildman–Crippen LogP) is 2.77. The van der Waals surface area contributed by atoms with Crippen molar-refractivity contribution in [1.82, 2.24) is 4.90 Å². The van der Waals surface area contributed by atoms with Gasteiger partial charge >= 0.3 is 0 Å². The average Bonchev–Trinajstić information content (AvgIpc) is 2.52. The second-order valence-corrected chi connectivity index (χ2v) is 5.81. The molecule has 0 aliphatic carbocycles. The summed E-state index contributed by atoms with van der Waals surface area (Å²) >= 11 is 0. The monoisotopic (exact) mass is 322 g/mol. The summed E-state index contributed by atoms with van der Waals surface area (Å²) in [6.45, 7) is 3.90. The number of nitro benzene ring substituents is 1. The Morgan fingerprint density at radius 1 is 1.30 bits per heavy atom. The Labute approximate surface area is 135 Å². The quantitative estimate of drug-likeness (QED) is 0.615. The molecule has 2 rings (SSSR count). The molecule has 23 heavy (non-hydrogen) atoms. The van der Waals surface area contributed by atoms with Crippen LogP contribution in [-0.2, 0) is 4.79 Å². The normalized spacial score (nSPS) is 20.9. The van der Waals surface area contributed by atoms with Gasteiger partial charge in [-0.15, -0.1) is 0 Å². The maximum atomic E-state index is 12.4. The van der Waals surface area contributed by atoms with Crippen molar-refractivity contribution in [3.8, 4) is 11.5 Å². The third-order valence-electron chi connectivity index (χ3n) is 4.19. The van der Waals surface area contributed by atoms with Gasteiger partial charge < -0.3 is 14.4 Å². The molecule has 0 N–H and O–H groups in total. The summed E-state index contributed by atoms with van der Waals surface area (Å²) in [7, 11) is 1.45. The Morgan fingerprint density at radius 2 is 1.96 bits per heavy atom. The van der Waals surface area contributed by atoms with Crippen LogP contribution in [-0.4, -0.2) is 41.5 Å². The molecule has 1 amide bonds. The second kappa shape index (κ2) is 7.30. The summed E-state index contributed by atoms with van der Waals surface area (Å²) in [5, 5.41) is 10.9. The van der Waals surface area contributed by atoms with Crippen molar-refractivity contribution in [3.05, 3.63) is 28.3 Å². The number of hydrogen-bond donors (Lipinski definition) is 0. The number of likely N-dealkylation sites (tertiary alicyclic amines) is 1. The molecule has 1 fully saturated rings. The summed E-state index contributed by atoms with van der Waals surface area (Å²) in [6, 6.07) is 4.44. The number of ether oxygens (including phenoxy) is 2. The zero-order valence-electron chi connectivity index (χ0n) is 13.7. The van der Waals surface area contributed by atoms with E-state index in [0.717, 1.165) is 19.3 Å². The Morgan fingerprint density at radius 3 is 2.52 bits per heavy atom. The molecular formula is C16H22N2O5. The highest BCUT2D eigenvalue weighted by Crippen LogP contribution is 2.31. The van der Waals surface area contributed by atoms with Crippen LogP contribution in [0.3, 0.4) is 0 Å². The molecule has 1 aliphatic rings. The number of carbonyl (C=O) groups is 1. The van der Waals surface area contributed by atoms with Crippen molar-refractivity contribution in [1.29, 1.82) is 0 Å². The van der Waals surface area contributed by atoms with E-state index < -0.39 is 4.92 Å². The van der Waals surface area contributed by atoms with Gasteiger partial charge in [-0.1, -0.05) is 0 Å². The number of methoxy groups -OCH3 is 1. The zero-order valence-corrected chi connectivity index (χ0v) is 13.7. The highest BCUT2D eigenvalue weighted by Gasteiger charge is 2.29. The van der Waals surface area contributed by atoms with E-state index in [1.807, 2.05) is 18.7 Å². The second-order valence-electron chi connectivity index (χ2n) is 5.81. The highest BCUT2D eigenvalue weighted by atomic mass is 16.6. The van der Waals surface area contributed by atoms with Gasteiger partial charge in [-0.25, -0.2) is 0 Å². The summed E-state index contributed by atoms with van der Waals surface area (Å²) in [4.78, 5) is 24.6. The number of nitrogens with zero attached hydrogens (tertiary/aromatic N) is 2. The number of piperidine rings is 1. The van der Waals surface area contributed by atoms with E-state index in [-0.39, 0.29) is 36.0 Å². The molecule has 126 valence electrons. The van der Waals surface area contributed by atoms with E-state index in [2.05, 4.69) is 0 Å². The third kappa shape index (κ3) is 3.91. The fraction of sp³-hybridized carbons (Fsp3) is 0.562. The van der Waals surface area contributed by atoms with Crippen LogP contribution in [0.15, 0.2) is 18.2 Å². The molecule has 7 nitrogen and oxygen atoms in total. The van der Waals surface area contributed by atoms with E-state index >= 15 is 0 Å². The molecule has 7 heteroatoms. The molecule has 0 unspecified atom stereocenters. The van der Waals surface area contributed by atoms with Gasteiger partial charge in [0.2, 0.25) is 0 Å². The smallest absolute Gasteiger partial charge is 0.273 e. The lowest BCUT2D eigenvalue weighted by atomic mass is 9.97. The first kappa shape index (κ1) is 17.1. The molecular weight excluding hydrogens is 300 g/mol. The predicted molar refractivity (Wildman–Crippen MR) is 84.8 cm³/mol. The number of carbonyl (C=O) groups excluding carboxylic acids is 1. The maximum Gasteiger partial charge on any atom is 0.273 e. The first-order valence-electron chi connectivity index (χ1n) is 7.70. The SMILES string of the molecule is COc1ccc([N+](=O)[O-])cc1OCC(=O)N1[C@H](C)CCC[C@H]1C. The first-order valence-corrected chi connectivity index (χ1v) is 7.70. The molecule has 1 heterocycles. The average molecular weight is 322 g/mol. The lowest BCUT2D eigenvalue weighted by Gasteiger charge is -2.39. The van der Waals surface area contributed by atoms with Crippen molar-refractivity contribution in [2.45, 2.75) is 45.2 Å². The minimum absolute atomic E-state index is 0.104. The van der Waals surface area contributed by atoms with E-state index in [9.17, 15) is 14.9 Å². The Kier molecular flexibility index (Phi) is 5.41. The lowest BCUT2D eigenvalue weighted by Crippen LogP contribution is -2.49. The van der Waals surface area contributed by atoms with Gasteiger partial charge in [0.05, 0.1) is 18.1 Å². The van der Waals surface area contributed by atoms with Crippen LogP contribution >= 0.6 is 0 Å². The van der Waals surface area contributed by atoms with Crippen LogP contribution in [0.4, 0.5) is 5.69 Å². The van der Waals surface area contributed by atoms with Crippen molar-refractivity contribution < 1.29 is 19.2 Å². The fourth-order valence-electron chi connectivity index (χ4n) is 3.02. The Balaban J connectivity index is 2.08. The summed E-state index contributed by atoms with van der Waals surface area (Å²) in [5.41, 5.74) is -0.104. The van der Waals surface area contributed by atoms with E-state index in [1.165, 1.54) is 25.3 Å². The standard InChI is InChI=1S/C16H22N2O5/c1-11-5-4-6-12(2)17(11)16(19)10-23-15-9-13(18(20)21)7-8-14(15)22-3/h7-9,11-12H,4-6,10H2,1-3H3/t11-,12-/m1/s1. The third-order valence-corrected chi connectivity index (χ3v) is 4.19. The summed E-state index contributed by atoms with van der Waals surface area (Å²) < 4.78 is 10.6. The van der Waals surface area contributed by atoms with Gasteiger partial charge in [-0.05, 0) is 39.2 Å². The van der Waals surface area contributed by atoms with Crippen LogP contribution in [0.25, 0.3) is 0 Å². The molecule has 0 radical (unpaired) electrons. The maximum absolute atomic E-state index is 12.4. The topological polar surface area (TPSA) is 81.9 Å². The molecule has 0 bridgehead atoms. The van der Waals surface area contributed by atoms with E-state index in [0.29, 0.717) is 5.75 Å². The van der Waals surface area contributed by atoms with Crippen LogP contribution in [0.2, 0.25) is 0 Å². The van der Waals surface area contributed by atoms with Crippen molar-refractivity contribution in [2.24, 2.45) is 0 Å². The van der Waals surface area contributed by atoms with Crippen molar-refractivity contribution in [2.75, 3.05) is 13.7 Å². The molecule has 1 aromatic carbocycles. The van der Waals surface area contributed by atoms with Gasteiger partial charge in [0.1, 0.15) is 0 Å². The van der Waals surface area contributed by atoms with Crippen molar-refractivity contribution in [3.63, 3.8) is 0 Å². The molecule has 1 aromatic rings. The summed E-state index contributed by atoms with van der Waals surface area (Å²) in [5.74, 6) is 0.453. The van der Waals surface area contributed by atoms with Gasteiger partial charge in [-0.2, -0.15) is 0 Å². The first-order chi connectivity index (χ1) is 10.9. The Hall–Kier alpha value is -2.31. The molecule has 0 spiro atoms. The van der Waals surface area contributed by atoms with E-state index in [1.54, 1.807) is 0 Å². The van der Waals surface area contributed by atoms with Crippen LogP contribution in [0, 0.1) is 10.1 Å². The van der Waals surface area contributed by atoms with E-state index in [4.69, 9.17) is 9.47 Å². The fourth-order valence-corrected chi connectivity index (χ4v) is 3.02. The highest BCUT2D eigenvalue weighted by molar-refractivity contribution is 5.78. The number of hydrogen-bond acceptors (Lipinski definition) is 5. The van der Waals surface area contributed by atoms with Crippen LogP contribution < -0.4 is 9.47 Å². The van der Waals surface area contributed by atoms with Gasteiger partial charge in [-0.3, -0.25) is 14.9 Å². The molecule has 0 aromatic heterocycles. The minimum Gasteiger partial charge on any atom is -0.493 e. The van der Waals surface area contributed by atoms with Gasteiger partial charge in [0.15, 0.2) is 18.1 Å². The number of amides is 1. The molecule has 1 saturated heterocycles. The van der Waals surface area contributed by atoms with Crippen LogP contribution in [0.5, 0.6) is 11.5 Å². The molecule has 0 saturated carbocycles. The number of benzene rings is 1. The lowest BCUT2D eigenvalue weighted by molar-refractivity contribution is -0.385. The number of rotatable bonds is 5. The van der Waals surface area contributed by atoms with Gasteiger partial charge in [0, 0.05) is 18.2 Å². The number of nitro groups is 1. The minimum atomic E-state index is -0.511. The Bertz CT molecular complexity index is 580. The van der Waals surface area contributed by atoms with Crippen LogP contribution in [0.1, 0.15) is 33.1 Å². The largest absolute Gasteiger partial charge is 0.493 e. The number of non-ortho nitro benzene ring substituents is 1. The molecule has 1 aliphatic heterocycles. The van der Waals surface area contributed by atoms with Crippen molar-refractivity contribution >= 4 is 11.6 Å².